The van der Waals surface area contributed by atoms with Crippen molar-refractivity contribution in [3.63, 3.8) is 0 Å². The minimum Gasteiger partial charge on any atom is -0.334 e. The molecule has 1 N–H and O–H groups in total. The molecule has 2 fully saturated rings. The molecule has 132 valence electrons. The van der Waals surface area contributed by atoms with Crippen molar-refractivity contribution in [2.75, 3.05) is 33.2 Å². The number of benzene rings is 1. The molecule has 0 unspecified atom stereocenters. The number of nitrogens with one attached hydrogen (secondary N) is 1. The minimum absolute atomic E-state index is 0.0783. The zero-order valence-electron chi connectivity index (χ0n) is 14.8. The number of amides is 1. The summed E-state index contributed by atoms with van der Waals surface area (Å²) in [6.45, 7) is 5.42. The van der Waals surface area contributed by atoms with Crippen LogP contribution in [-0.4, -0.2) is 53.8 Å². The predicted octanol–water partition coefficient (Wildman–Crippen LogP) is 1.17. The van der Waals surface area contributed by atoms with Gasteiger partial charge in [0, 0.05) is 5.92 Å². The van der Waals surface area contributed by atoms with Gasteiger partial charge in [-0.2, -0.15) is 5.10 Å². The standard InChI is InChI=1S/C19H23FN4O/c1-13-17(19(25)23-10-8-22(2)9-11-23)18(14-6-7-14)21-24(13)16-5-3-4-15(20)12-16/h3-5,12,14H,6-11H2,1-2H3/p+1. The van der Waals surface area contributed by atoms with E-state index in [1.54, 1.807) is 10.7 Å². The summed E-state index contributed by atoms with van der Waals surface area (Å²) in [5.41, 5.74) is 3.09. The summed E-state index contributed by atoms with van der Waals surface area (Å²) >= 11 is 0. The third kappa shape index (κ3) is 3.06. The van der Waals surface area contributed by atoms with Gasteiger partial charge in [0.2, 0.25) is 0 Å². The fourth-order valence-electron chi connectivity index (χ4n) is 3.54. The molecule has 1 aromatic carbocycles. The Morgan fingerprint density at radius 3 is 2.64 bits per heavy atom. The molecular weight excluding hydrogens is 319 g/mol. The molecular formula is C19H24FN4O+. The quantitative estimate of drug-likeness (QED) is 0.909. The molecule has 5 nitrogen and oxygen atoms in total. The molecule has 0 radical (unpaired) electrons. The van der Waals surface area contributed by atoms with Gasteiger partial charge in [-0.25, -0.2) is 9.07 Å². The average Bonchev–Trinajstić information content (AvgIpc) is 3.38. The predicted molar refractivity (Wildman–Crippen MR) is 92.8 cm³/mol. The van der Waals surface area contributed by atoms with E-state index in [1.807, 2.05) is 17.9 Å². The number of aromatic nitrogens is 2. The second-order valence-corrected chi connectivity index (χ2v) is 7.26. The Labute approximate surface area is 147 Å². The van der Waals surface area contributed by atoms with E-state index in [9.17, 15) is 9.18 Å². The lowest BCUT2D eigenvalue weighted by atomic mass is 10.1. The second kappa shape index (κ2) is 6.26. The molecule has 1 aromatic heterocycles. The normalized spacial score (nSPS) is 18.6. The number of hydrogen-bond donors (Lipinski definition) is 1. The van der Waals surface area contributed by atoms with Crippen LogP contribution in [-0.2, 0) is 0 Å². The van der Waals surface area contributed by atoms with Crippen molar-refractivity contribution in [1.82, 2.24) is 14.7 Å². The lowest BCUT2D eigenvalue weighted by molar-refractivity contribution is -0.883. The fourth-order valence-corrected chi connectivity index (χ4v) is 3.54. The van der Waals surface area contributed by atoms with Gasteiger partial charge in [-0.1, -0.05) is 6.07 Å². The first kappa shape index (κ1) is 16.3. The van der Waals surface area contributed by atoms with Gasteiger partial charge in [-0.05, 0) is 38.0 Å². The second-order valence-electron chi connectivity index (χ2n) is 7.26. The van der Waals surface area contributed by atoms with Gasteiger partial charge in [-0.15, -0.1) is 0 Å². The number of piperazine rings is 1. The largest absolute Gasteiger partial charge is 0.334 e. The topological polar surface area (TPSA) is 42.6 Å². The maximum atomic E-state index is 13.6. The van der Waals surface area contributed by atoms with Gasteiger partial charge >= 0.3 is 0 Å². The first-order chi connectivity index (χ1) is 12.0. The van der Waals surface area contributed by atoms with Crippen molar-refractivity contribution in [2.45, 2.75) is 25.7 Å². The van der Waals surface area contributed by atoms with Gasteiger partial charge in [0.15, 0.2) is 0 Å². The third-order valence-electron chi connectivity index (χ3n) is 5.28. The number of halogens is 1. The number of rotatable bonds is 3. The van der Waals surface area contributed by atoms with Crippen molar-refractivity contribution < 1.29 is 14.1 Å². The van der Waals surface area contributed by atoms with E-state index in [0.29, 0.717) is 11.6 Å². The van der Waals surface area contributed by atoms with E-state index >= 15 is 0 Å². The molecule has 1 saturated carbocycles. The van der Waals surface area contributed by atoms with Crippen molar-refractivity contribution in [1.29, 1.82) is 0 Å². The lowest BCUT2D eigenvalue weighted by Crippen LogP contribution is -3.12. The van der Waals surface area contributed by atoms with E-state index in [2.05, 4.69) is 7.05 Å². The number of nitrogens with zero attached hydrogens (tertiary/aromatic N) is 3. The highest BCUT2D eigenvalue weighted by atomic mass is 19.1. The fraction of sp³-hybridized carbons (Fsp3) is 0.474. The van der Waals surface area contributed by atoms with Gasteiger partial charge in [-0.3, -0.25) is 4.79 Å². The molecule has 2 heterocycles. The molecule has 0 bridgehead atoms. The highest BCUT2D eigenvalue weighted by Crippen LogP contribution is 2.42. The summed E-state index contributed by atoms with van der Waals surface area (Å²) in [6, 6.07) is 6.38. The Hall–Kier alpha value is -2.21. The molecule has 4 rings (SSSR count). The molecule has 1 saturated heterocycles. The van der Waals surface area contributed by atoms with Crippen LogP contribution in [0.5, 0.6) is 0 Å². The van der Waals surface area contributed by atoms with Crippen LogP contribution in [0.25, 0.3) is 5.69 Å². The summed E-state index contributed by atoms with van der Waals surface area (Å²) in [5.74, 6) is 0.149. The molecule has 2 aromatic rings. The zero-order valence-corrected chi connectivity index (χ0v) is 14.8. The van der Waals surface area contributed by atoms with E-state index in [1.165, 1.54) is 17.0 Å². The first-order valence-electron chi connectivity index (χ1n) is 9.00. The number of quaternary nitrogens is 1. The maximum absolute atomic E-state index is 13.6. The summed E-state index contributed by atoms with van der Waals surface area (Å²) in [4.78, 5) is 16.6. The van der Waals surface area contributed by atoms with Crippen molar-refractivity contribution in [2.24, 2.45) is 0 Å². The van der Waals surface area contributed by atoms with Crippen LogP contribution in [0.1, 0.15) is 40.5 Å². The third-order valence-corrected chi connectivity index (χ3v) is 5.28. The average molecular weight is 343 g/mol. The van der Waals surface area contributed by atoms with Gasteiger partial charge in [0.1, 0.15) is 5.82 Å². The number of likely N-dealkylation sites (N-methyl/N-ethyl adjacent to an activating group) is 1. The summed E-state index contributed by atoms with van der Waals surface area (Å²) in [7, 11) is 2.16. The highest BCUT2D eigenvalue weighted by Gasteiger charge is 2.36. The number of hydrogen-bond acceptors (Lipinski definition) is 2. The van der Waals surface area contributed by atoms with Crippen LogP contribution in [0.3, 0.4) is 0 Å². The summed E-state index contributed by atoms with van der Waals surface area (Å²) < 4.78 is 15.4. The van der Waals surface area contributed by atoms with E-state index in [4.69, 9.17) is 5.10 Å². The van der Waals surface area contributed by atoms with Crippen molar-refractivity contribution in [3.05, 3.63) is 47.0 Å². The van der Waals surface area contributed by atoms with Crippen LogP contribution in [0.2, 0.25) is 0 Å². The van der Waals surface area contributed by atoms with Crippen LogP contribution >= 0.6 is 0 Å². The summed E-state index contributed by atoms with van der Waals surface area (Å²) in [5, 5.41) is 4.71. The van der Waals surface area contributed by atoms with E-state index < -0.39 is 0 Å². The molecule has 2 aliphatic rings. The Kier molecular flexibility index (Phi) is 4.07. The number of carbonyl (C=O) groups is 1. The molecule has 25 heavy (non-hydrogen) atoms. The van der Waals surface area contributed by atoms with Crippen molar-refractivity contribution in [3.8, 4) is 5.69 Å². The minimum atomic E-state index is -0.296. The molecule has 6 heteroatoms. The first-order valence-corrected chi connectivity index (χ1v) is 9.00. The Balaban J connectivity index is 1.73. The van der Waals surface area contributed by atoms with Crippen LogP contribution in [0, 0.1) is 12.7 Å². The van der Waals surface area contributed by atoms with E-state index in [0.717, 1.165) is 56.0 Å². The molecule has 0 spiro atoms. The highest BCUT2D eigenvalue weighted by molar-refractivity contribution is 5.97. The Bertz CT molecular complexity index is 804. The maximum Gasteiger partial charge on any atom is 0.258 e. The Morgan fingerprint density at radius 1 is 1.28 bits per heavy atom. The van der Waals surface area contributed by atoms with Crippen LogP contribution < -0.4 is 4.90 Å². The van der Waals surface area contributed by atoms with Crippen LogP contribution in [0.4, 0.5) is 4.39 Å². The summed E-state index contributed by atoms with van der Waals surface area (Å²) in [6.07, 6.45) is 2.15. The van der Waals surface area contributed by atoms with Gasteiger partial charge in [0.05, 0.1) is 55.9 Å². The molecule has 0 atom stereocenters. The molecule has 1 aliphatic carbocycles. The van der Waals surface area contributed by atoms with Gasteiger partial charge < -0.3 is 9.80 Å². The zero-order chi connectivity index (χ0) is 17.6. The van der Waals surface area contributed by atoms with E-state index in [-0.39, 0.29) is 11.7 Å². The number of carbonyl (C=O) groups excluding carboxylic acids is 1. The lowest BCUT2D eigenvalue weighted by Gasteiger charge is -2.30. The Morgan fingerprint density at radius 2 is 2.00 bits per heavy atom. The molecule has 1 amide bonds. The monoisotopic (exact) mass is 343 g/mol. The smallest absolute Gasteiger partial charge is 0.258 e. The van der Waals surface area contributed by atoms with Crippen molar-refractivity contribution >= 4 is 5.91 Å². The molecule has 1 aliphatic heterocycles. The SMILES string of the molecule is Cc1c(C(=O)N2CC[NH+](C)CC2)c(C2CC2)nn1-c1cccc(F)c1. The van der Waals surface area contributed by atoms with Gasteiger partial charge in [0.25, 0.3) is 5.91 Å². The van der Waals surface area contributed by atoms with Crippen LogP contribution in [0.15, 0.2) is 24.3 Å².